The highest BCUT2D eigenvalue weighted by Crippen LogP contribution is 2.28. The van der Waals surface area contributed by atoms with E-state index in [1.54, 1.807) is 24.9 Å². The number of nitrogens with one attached hydrogen (secondary N) is 2. The minimum absolute atomic E-state index is 0.0803. The molecule has 0 radical (unpaired) electrons. The Hall–Kier alpha value is -3.00. The third kappa shape index (κ3) is 5.33. The van der Waals surface area contributed by atoms with Crippen LogP contribution < -0.4 is 15.5 Å². The van der Waals surface area contributed by atoms with Crippen molar-refractivity contribution in [2.75, 3.05) is 30.8 Å². The van der Waals surface area contributed by atoms with Crippen LogP contribution in [0.5, 0.6) is 0 Å². The lowest BCUT2D eigenvalue weighted by Gasteiger charge is -2.29. The van der Waals surface area contributed by atoms with Crippen molar-refractivity contribution in [2.24, 2.45) is 0 Å². The van der Waals surface area contributed by atoms with Gasteiger partial charge < -0.3 is 15.1 Å². The highest BCUT2D eigenvalue weighted by molar-refractivity contribution is 7.99. The molecule has 0 saturated carbocycles. The molecule has 0 bridgehead atoms. The predicted octanol–water partition coefficient (Wildman–Crippen LogP) is 3.64. The zero-order valence-electron chi connectivity index (χ0n) is 19.1. The Morgan fingerprint density at radius 1 is 1.06 bits per heavy atom. The molecule has 1 atom stereocenters. The largest absolute Gasteiger partial charge is 0.372 e. The normalized spacial score (nSPS) is 20.4. The number of urea groups is 1. The van der Waals surface area contributed by atoms with Crippen molar-refractivity contribution in [1.82, 2.24) is 15.5 Å². The Labute approximate surface area is 198 Å². The summed E-state index contributed by atoms with van der Waals surface area (Å²) in [6.45, 7) is 4.41. The van der Waals surface area contributed by atoms with Crippen LogP contribution in [0.15, 0.2) is 53.4 Å². The van der Waals surface area contributed by atoms with Crippen LogP contribution in [-0.2, 0) is 11.3 Å². The third-order valence-corrected chi connectivity index (χ3v) is 7.56. The molecule has 2 heterocycles. The minimum atomic E-state index is -1.00. The molecule has 8 heteroatoms. The van der Waals surface area contributed by atoms with Crippen LogP contribution in [0.3, 0.4) is 0 Å². The zero-order chi connectivity index (χ0) is 23.4. The number of hydrogen-bond acceptors (Lipinski definition) is 5. The quantitative estimate of drug-likeness (QED) is 0.481. The number of amides is 4. The topological polar surface area (TPSA) is 81.8 Å². The van der Waals surface area contributed by atoms with Crippen LogP contribution in [0.2, 0.25) is 0 Å². The van der Waals surface area contributed by atoms with Gasteiger partial charge >= 0.3 is 6.03 Å². The molecule has 2 aromatic carbocycles. The number of anilines is 1. The molecule has 2 fully saturated rings. The smallest absolute Gasteiger partial charge is 0.322 e. The maximum absolute atomic E-state index is 13.2. The van der Waals surface area contributed by atoms with Gasteiger partial charge in [-0.15, -0.1) is 11.8 Å². The van der Waals surface area contributed by atoms with Gasteiger partial charge in [-0.25, -0.2) is 4.79 Å². The van der Waals surface area contributed by atoms with Crippen molar-refractivity contribution >= 4 is 35.3 Å². The number of hydrogen-bond donors (Lipinski definition) is 2. The van der Waals surface area contributed by atoms with Gasteiger partial charge in [0.2, 0.25) is 0 Å². The summed E-state index contributed by atoms with van der Waals surface area (Å²) in [5.41, 5.74) is 1.91. The molecule has 0 aromatic heterocycles. The lowest BCUT2D eigenvalue weighted by molar-refractivity contribution is -0.122. The second-order valence-corrected chi connectivity index (χ2v) is 9.92. The summed E-state index contributed by atoms with van der Waals surface area (Å²) in [5, 5.41) is 4.93. The predicted molar refractivity (Wildman–Crippen MR) is 131 cm³/mol. The van der Waals surface area contributed by atoms with Crippen LogP contribution in [0.4, 0.5) is 10.5 Å². The minimum Gasteiger partial charge on any atom is -0.372 e. The highest BCUT2D eigenvalue weighted by atomic mass is 32.2. The van der Waals surface area contributed by atoms with Crippen LogP contribution in [0, 0.1) is 0 Å². The highest BCUT2D eigenvalue weighted by Gasteiger charge is 2.42. The van der Waals surface area contributed by atoms with Crippen molar-refractivity contribution in [1.29, 1.82) is 0 Å². The fourth-order valence-corrected chi connectivity index (χ4v) is 5.32. The summed E-state index contributed by atoms with van der Waals surface area (Å²) in [7, 11) is 1.80. The SMILES string of the molecule is CN(Cc1ccc(N2CCCCC2)cc1)C(=O)c1ccccc1SCC1(C)NC(=O)NC1=O. The van der Waals surface area contributed by atoms with Gasteiger partial charge in [0.15, 0.2) is 0 Å². The number of carbonyl (C=O) groups excluding carboxylic acids is 3. The van der Waals surface area contributed by atoms with E-state index in [4.69, 9.17) is 0 Å². The van der Waals surface area contributed by atoms with E-state index in [0.717, 1.165) is 23.5 Å². The van der Waals surface area contributed by atoms with Crippen molar-refractivity contribution in [3.63, 3.8) is 0 Å². The first-order valence-electron chi connectivity index (χ1n) is 11.3. The molecule has 33 heavy (non-hydrogen) atoms. The summed E-state index contributed by atoms with van der Waals surface area (Å²) in [6, 6.07) is 15.4. The van der Waals surface area contributed by atoms with E-state index in [0.29, 0.717) is 17.9 Å². The van der Waals surface area contributed by atoms with Crippen molar-refractivity contribution in [2.45, 2.75) is 43.2 Å². The van der Waals surface area contributed by atoms with Crippen molar-refractivity contribution in [3.8, 4) is 0 Å². The summed E-state index contributed by atoms with van der Waals surface area (Å²) in [4.78, 5) is 41.8. The molecule has 4 rings (SSSR count). The van der Waals surface area contributed by atoms with Gasteiger partial charge in [-0.3, -0.25) is 14.9 Å². The maximum atomic E-state index is 13.2. The molecule has 0 spiro atoms. The van der Waals surface area contributed by atoms with E-state index >= 15 is 0 Å². The van der Waals surface area contributed by atoms with E-state index in [2.05, 4.69) is 39.8 Å². The van der Waals surface area contributed by atoms with E-state index in [1.165, 1.54) is 36.7 Å². The molecule has 0 aliphatic carbocycles. The Balaban J connectivity index is 1.40. The number of imide groups is 1. The molecule has 4 amide bonds. The number of nitrogens with zero attached hydrogens (tertiary/aromatic N) is 2. The maximum Gasteiger partial charge on any atom is 0.322 e. The number of piperidine rings is 1. The van der Waals surface area contributed by atoms with Crippen molar-refractivity contribution in [3.05, 3.63) is 59.7 Å². The third-order valence-electron chi connectivity index (χ3n) is 6.18. The van der Waals surface area contributed by atoms with Gasteiger partial charge in [-0.1, -0.05) is 24.3 Å². The Morgan fingerprint density at radius 3 is 2.42 bits per heavy atom. The van der Waals surface area contributed by atoms with Gasteiger partial charge in [0, 0.05) is 43.0 Å². The fraction of sp³-hybridized carbons (Fsp3) is 0.400. The average Bonchev–Trinajstić information content (AvgIpc) is 3.09. The second-order valence-electron chi connectivity index (χ2n) is 8.90. The van der Waals surface area contributed by atoms with Gasteiger partial charge in [0.05, 0.1) is 5.56 Å². The van der Waals surface area contributed by atoms with Crippen LogP contribution in [0.25, 0.3) is 0 Å². The lowest BCUT2D eigenvalue weighted by atomic mass is 10.1. The molecule has 2 N–H and O–H groups in total. The standard InChI is InChI=1S/C25H30N4O3S/c1-25(23(31)26-24(32)27-25)17-33-21-9-5-4-8-20(21)22(30)28(2)16-18-10-12-19(13-11-18)29-14-6-3-7-15-29/h4-5,8-13H,3,6-7,14-17H2,1-2H3,(H2,26,27,31,32). The van der Waals surface area contributed by atoms with Crippen LogP contribution in [0.1, 0.15) is 42.1 Å². The number of carbonyl (C=O) groups is 3. The molecule has 2 aromatic rings. The number of benzene rings is 2. The van der Waals surface area contributed by atoms with Gasteiger partial charge in [-0.05, 0) is 56.0 Å². The van der Waals surface area contributed by atoms with Crippen LogP contribution in [-0.4, -0.2) is 54.2 Å². The van der Waals surface area contributed by atoms with Gasteiger partial charge in [0.1, 0.15) is 5.54 Å². The summed E-state index contributed by atoms with van der Waals surface area (Å²) in [6.07, 6.45) is 3.79. The first-order valence-corrected chi connectivity index (χ1v) is 12.3. The molecule has 7 nitrogen and oxygen atoms in total. The second kappa shape index (κ2) is 9.87. The first-order chi connectivity index (χ1) is 15.9. The lowest BCUT2D eigenvalue weighted by Crippen LogP contribution is -2.46. The van der Waals surface area contributed by atoms with E-state index < -0.39 is 11.6 Å². The fourth-order valence-electron chi connectivity index (χ4n) is 4.19. The monoisotopic (exact) mass is 466 g/mol. The van der Waals surface area contributed by atoms with Crippen LogP contribution >= 0.6 is 11.8 Å². The Bertz CT molecular complexity index is 1040. The molecular weight excluding hydrogens is 436 g/mol. The molecule has 2 aliphatic heterocycles. The van der Waals surface area contributed by atoms with Gasteiger partial charge in [-0.2, -0.15) is 0 Å². The number of thioether (sulfide) groups is 1. The average molecular weight is 467 g/mol. The number of rotatable bonds is 7. The molecule has 174 valence electrons. The molecular formula is C25H30N4O3S. The van der Waals surface area contributed by atoms with Gasteiger partial charge in [0.25, 0.3) is 11.8 Å². The molecule has 2 saturated heterocycles. The Morgan fingerprint density at radius 2 is 1.76 bits per heavy atom. The van der Waals surface area contributed by atoms with Crippen molar-refractivity contribution < 1.29 is 14.4 Å². The van der Waals surface area contributed by atoms with E-state index in [1.807, 2.05) is 18.2 Å². The zero-order valence-corrected chi connectivity index (χ0v) is 19.9. The summed E-state index contributed by atoms with van der Waals surface area (Å²) in [5.74, 6) is -0.103. The van der Waals surface area contributed by atoms with E-state index in [-0.39, 0.29) is 11.8 Å². The molecule has 2 aliphatic rings. The van der Waals surface area contributed by atoms with E-state index in [9.17, 15) is 14.4 Å². The summed E-state index contributed by atoms with van der Waals surface area (Å²) < 4.78 is 0. The first kappa shape index (κ1) is 23.2. The summed E-state index contributed by atoms with van der Waals surface area (Å²) >= 11 is 1.39. The molecule has 1 unspecified atom stereocenters. The Kier molecular flexibility index (Phi) is 6.93.